The van der Waals surface area contributed by atoms with Crippen LogP contribution in [0.25, 0.3) is 0 Å². The van der Waals surface area contributed by atoms with Gasteiger partial charge in [0.1, 0.15) is 0 Å². The molecule has 1 aromatic rings. The Hall–Kier alpha value is -0.0900. The summed E-state index contributed by atoms with van der Waals surface area (Å²) < 4.78 is 1.09. The van der Waals surface area contributed by atoms with Crippen molar-refractivity contribution in [3.05, 3.63) is 33.3 Å². The molecule has 1 aromatic carbocycles. The Morgan fingerprint density at radius 3 is 2.33 bits per heavy atom. The van der Waals surface area contributed by atoms with E-state index in [9.17, 15) is 0 Å². The van der Waals surface area contributed by atoms with Crippen molar-refractivity contribution < 1.29 is 0 Å². The fourth-order valence-electron chi connectivity index (χ4n) is 2.92. The highest BCUT2D eigenvalue weighted by Gasteiger charge is 2.26. The van der Waals surface area contributed by atoms with Crippen molar-refractivity contribution >= 4 is 27.5 Å². The zero-order valence-electron chi connectivity index (χ0n) is 13.6. The average molecular weight is 376 g/mol. The zero-order valence-corrected chi connectivity index (χ0v) is 15.9. The predicted molar refractivity (Wildman–Crippen MR) is 96.9 cm³/mol. The summed E-state index contributed by atoms with van der Waals surface area (Å²) >= 11 is 9.85. The topological polar surface area (TPSA) is 29.3 Å². The maximum Gasteiger partial charge on any atom is 0.0485 e. The third kappa shape index (κ3) is 5.24. The Morgan fingerprint density at radius 2 is 1.86 bits per heavy atom. The summed E-state index contributed by atoms with van der Waals surface area (Å²) in [4.78, 5) is 2.56. The van der Waals surface area contributed by atoms with Crippen LogP contribution in [0.2, 0.25) is 5.02 Å². The molecule has 0 aliphatic carbocycles. The van der Waals surface area contributed by atoms with Crippen molar-refractivity contribution in [3.63, 3.8) is 0 Å². The zero-order chi connectivity index (χ0) is 16.0. The fourth-order valence-corrected chi connectivity index (χ4v) is 3.61. The third-order valence-electron chi connectivity index (χ3n) is 3.93. The monoisotopic (exact) mass is 374 g/mol. The van der Waals surface area contributed by atoms with Gasteiger partial charge in [0.2, 0.25) is 0 Å². The van der Waals surface area contributed by atoms with E-state index >= 15 is 0 Å². The summed E-state index contributed by atoms with van der Waals surface area (Å²) in [5.41, 5.74) is 7.33. The summed E-state index contributed by atoms with van der Waals surface area (Å²) in [5.74, 6) is 0.609. The quantitative estimate of drug-likeness (QED) is 0.672. The van der Waals surface area contributed by atoms with Crippen LogP contribution in [0.1, 0.15) is 52.1 Å². The van der Waals surface area contributed by atoms with Crippen LogP contribution >= 0.6 is 27.5 Å². The van der Waals surface area contributed by atoms with Crippen molar-refractivity contribution in [1.29, 1.82) is 0 Å². The highest BCUT2D eigenvalue weighted by Crippen LogP contribution is 2.32. The molecule has 120 valence electrons. The fraction of sp³-hybridized carbons (Fsp3) is 0.647. The maximum atomic E-state index is 6.20. The molecule has 1 rings (SSSR count). The molecule has 0 saturated carbocycles. The smallest absolute Gasteiger partial charge is 0.0485 e. The van der Waals surface area contributed by atoms with E-state index in [-0.39, 0.29) is 6.04 Å². The minimum absolute atomic E-state index is 0.199. The molecule has 1 unspecified atom stereocenters. The molecule has 0 radical (unpaired) electrons. The molecule has 0 bridgehead atoms. The normalized spacial score (nSPS) is 13.4. The van der Waals surface area contributed by atoms with Crippen molar-refractivity contribution in [3.8, 4) is 0 Å². The van der Waals surface area contributed by atoms with E-state index in [1.807, 2.05) is 18.2 Å². The van der Waals surface area contributed by atoms with E-state index in [0.717, 1.165) is 28.9 Å². The predicted octanol–water partition coefficient (Wildman–Crippen LogP) is 5.25. The van der Waals surface area contributed by atoms with Gasteiger partial charge in [-0.15, -0.1) is 0 Å². The summed E-state index contributed by atoms with van der Waals surface area (Å²) in [7, 11) is 0. The average Bonchev–Trinajstić information content (AvgIpc) is 2.44. The van der Waals surface area contributed by atoms with Gasteiger partial charge in [0, 0.05) is 34.7 Å². The van der Waals surface area contributed by atoms with Crippen molar-refractivity contribution in [1.82, 2.24) is 4.90 Å². The lowest BCUT2D eigenvalue weighted by Gasteiger charge is -2.39. The van der Waals surface area contributed by atoms with Gasteiger partial charge in [0.15, 0.2) is 0 Å². The molecule has 0 heterocycles. The van der Waals surface area contributed by atoms with E-state index in [0.29, 0.717) is 18.5 Å². The van der Waals surface area contributed by atoms with E-state index in [1.54, 1.807) is 0 Å². The van der Waals surface area contributed by atoms with Gasteiger partial charge in [-0.1, -0.05) is 55.2 Å². The van der Waals surface area contributed by atoms with Crippen LogP contribution in [0.3, 0.4) is 0 Å². The number of hydrogen-bond acceptors (Lipinski definition) is 2. The second kappa shape index (κ2) is 9.14. The molecular weight excluding hydrogens is 348 g/mol. The number of nitrogens with two attached hydrogens (primary N) is 1. The molecule has 0 aliphatic heterocycles. The molecule has 0 aromatic heterocycles. The highest BCUT2D eigenvalue weighted by atomic mass is 79.9. The number of nitrogens with zero attached hydrogens (tertiary/aromatic N) is 1. The second-order valence-electron chi connectivity index (χ2n) is 5.98. The van der Waals surface area contributed by atoms with Gasteiger partial charge in [-0.25, -0.2) is 0 Å². The van der Waals surface area contributed by atoms with E-state index in [1.165, 1.54) is 5.56 Å². The van der Waals surface area contributed by atoms with E-state index in [4.69, 9.17) is 17.3 Å². The molecule has 21 heavy (non-hydrogen) atoms. The van der Waals surface area contributed by atoms with Crippen LogP contribution in [0.4, 0.5) is 0 Å². The van der Waals surface area contributed by atoms with Gasteiger partial charge in [-0.05, 0) is 42.5 Å². The van der Waals surface area contributed by atoms with Gasteiger partial charge in [-0.2, -0.15) is 0 Å². The minimum atomic E-state index is 0.199. The third-order valence-corrected chi connectivity index (χ3v) is 4.89. The van der Waals surface area contributed by atoms with Crippen molar-refractivity contribution in [2.75, 3.05) is 13.1 Å². The lowest BCUT2D eigenvalue weighted by molar-refractivity contribution is 0.112. The Kier molecular flexibility index (Phi) is 8.25. The van der Waals surface area contributed by atoms with E-state index < -0.39 is 0 Å². The number of halogens is 2. The molecule has 0 saturated heterocycles. The van der Waals surface area contributed by atoms with Crippen molar-refractivity contribution in [2.45, 2.75) is 52.6 Å². The largest absolute Gasteiger partial charge is 0.329 e. The lowest BCUT2D eigenvalue weighted by Crippen LogP contribution is -2.43. The van der Waals surface area contributed by atoms with Gasteiger partial charge in [0.25, 0.3) is 0 Å². The number of rotatable bonds is 8. The first-order valence-corrected chi connectivity index (χ1v) is 9.02. The highest BCUT2D eigenvalue weighted by molar-refractivity contribution is 9.10. The lowest BCUT2D eigenvalue weighted by atomic mass is 9.99. The molecule has 0 fully saturated rings. The Morgan fingerprint density at radius 1 is 1.24 bits per heavy atom. The first-order chi connectivity index (χ1) is 9.94. The molecule has 0 amide bonds. The molecule has 0 aliphatic rings. The Balaban J connectivity index is 3.19. The van der Waals surface area contributed by atoms with Gasteiger partial charge < -0.3 is 5.73 Å². The van der Waals surface area contributed by atoms with E-state index in [2.05, 4.69) is 48.5 Å². The summed E-state index contributed by atoms with van der Waals surface area (Å²) in [6.45, 7) is 10.7. The second-order valence-corrected chi connectivity index (χ2v) is 7.27. The molecule has 4 heteroatoms. The first-order valence-electron chi connectivity index (χ1n) is 7.85. The van der Waals surface area contributed by atoms with Crippen LogP contribution in [0.5, 0.6) is 0 Å². The summed E-state index contributed by atoms with van der Waals surface area (Å²) in [6.07, 6.45) is 2.27. The van der Waals surface area contributed by atoms with Crippen molar-refractivity contribution in [2.24, 2.45) is 11.7 Å². The maximum absolute atomic E-state index is 6.20. The van der Waals surface area contributed by atoms with Crippen LogP contribution < -0.4 is 5.73 Å². The van der Waals surface area contributed by atoms with Gasteiger partial charge in [-0.3, -0.25) is 4.90 Å². The number of benzene rings is 1. The summed E-state index contributed by atoms with van der Waals surface area (Å²) in [6, 6.07) is 6.71. The SMILES string of the molecule is CCC(CC)N(CC(C)C)C(CN)c1cc(Cl)ccc1Br. The molecule has 1 atom stereocenters. The molecule has 2 nitrogen and oxygen atoms in total. The standard InChI is InChI=1S/C17H28BrClN2/c1-5-14(6-2)21(11-12(3)4)17(10-20)15-9-13(19)7-8-16(15)18/h7-9,12,14,17H,5-6,10-11,20H2,1-4H3. The molecule has 0 spiro atoms. The Bertz CT molecular complexity index is 433. The van der Waals surface area contributed by atoms with Crippen LogP contribution in [0, 0.1) is 5.92 Å². The number of hydrogen-bond donors (Lipinski definition) is 1. The summed E-state index contributed by atoms with van der Waals surface area (Å²) in [5, 5.41) is 0.765. The van der Waals surface area contributed by atoms with Crippen LogP contribution in [-0.2, 0) is 0 Å². The van der Waals surface area contributed by atoms with Gasteiger partial charge >= 0.3 is 0 Å². The van der Waals surface area contributed by atoms with Crippen LogP contribution in [0.15, 0.2) is 22.7 Å². The first kappa shape index (κ1) is 19.0. The molecular formula is C17H28BrClN2. The Labute approximate surface area is 143 Å². The van der Waals surface area contributed by atoms with Gasteiger partial charge in [0.05, 0.1) is 0 Å². The molecule has 2 N–H and O–H groups in total. The van der Waals surface area contributed by atoms with Crippen LogP contribution in [-0.4, -0.2) is 24.0 Å². The minimum Gasteiger partial charge on any atom is -0.329 e.